The summed E-state index contributed by atoms with van der Waals surface area (Å²) in [6.07, 6.45) is 4.26. The summed E-state index contributed by atoms with van der Waals surface area (Å²) in [6.45, 7) is 0. The second kappa shape index (κ2) is 7.32. The molecule has 4 rings (SSSR count). The van der Waals surface area contributed by atoms with E-state index in [1.807, 2.05) is 54.7 Å². The predicted octanol–water partition coefficient (Wildman–Crippen LogP) is 6.04. The van der Waals surface area contributed by atoms with Gasteiger partial charge in [-0.2, -0.15) is 0 Å². The Kier molecular flexibility index (Phi) is 4.74. The number of H-pyrrole nitrogens is 1. The van der Waals surface area contributed by atoms with Crippen LogP contribution >= 0.6 is 23.2 Å². The Hall–Kier alpha value is -2.62. The minimum absolute atomic E-state index is 0.628. The molecule has 1 N–H and O–H groups in total. The van der Waals surface area contributed by atoms with Crippen molar-refractivity contribution in [3.63, 3.8) is 0 Å². The van der Waals surface area contributed by atoms with Gasteiger partial charge in [0.1, 0.15) is 5.82 Å². The molecule has 0 amide bonds. The molecule has 3 nitrogen and oxygen atoms in total. The van der Waals surface area contributed by atoms with E-state index in [1.54, 1.807) is 18.3 Å². The average molecular weight is 380 g/mol. The van der Waals surface area contributed by atoms with E-state index in [0.717, 1.165) is 33.9 Å². The van der Waals surface area contributed by atoms with Crippen LogP contribution in [-0.4, -0.2) is 15.0 Å². The van der Waals surface area contributed by atoms with Gasteiger partial charge >= 0.3 is 0 Å². The van der Waals surface area contributed by atoms with E-state index in [4.69, 9.17) is 28.2 Å². The van der Waals surface area contributed by atoms with Crippen LogP contribution in [-0.2, 0) is 6.42 Å². The normalized spacial score (nSPS) is 10.8. The molecule has 0 aliphatic carbocycles. The van der Waals surface area contributed by atoms with Crippen LogP contribution in [0.4, 0.5) is 0 Å². The first-order valence-corrected chi connectivity index (χ1v) is 8.95. The summed E-state index contributed by atoms with van der Waals surface area (Å²) >= 11 is 12.6. The summed E-state index contributed by atoms with van der Waals surface area (Å²) in [4.78, 5) is 12.4. The van der Waals surface area contributed by atoms with Crippen LogP contribution in [0.5, 0.6) is 0 Å². The molecule has 0 aliphatic rings. The summed E-state index contributed by atoms with van der Waals surface area (Å²) in [7, 11) is 0. The van der Waals surface area contributed by atoms with Gasteiger partial charge in [0, 0.05) is 35.0 Å². The Morgan fingerprint density at radius 2 is 1.77 bits per heavy atom. The molecule has 0 bridgehead atoms. The first-order valence-electron chi connectivity index (χ1n) is 8.19. The Bertz CT molecular complexity index is 1030. The summed E-state index contributed by atoms with van der Waals surface area (Å²) in [5, 5.41) is 1.26. The SMILES string of the molecule is Clc1ccc(Cl)c(-c2[nH]c(Cc3cccnc3)nc2-c2ccccc2)c1. The molecule has 0 aliphatic heterocycles. The van der Waals surface area contributed by atoms with Gasteiger partial charge in [-0.1, -0.05) is 59.6 Å². The maximum atomic E-state index is 6.44. The molecular formula is C21H15Cl2N3. The number of rotatable bonds is 4. The van der Waals surface area contributed by atoms with Crippen LogP contribution in [0.15, 0.2) is 73.1 Å². The largest absolute Gasteiger partial charge is 0.341 e. The van der Waals surface area contributed by atoms with E-state index in [9.17, 15) is 0 Å². The van der Waals surface area contributed by atoms with E-state index < -0.39 is 0 Å². The van der Waals surface area contributed by atoms with E-state index in [2.05, 4.69) is 9.97 Å². The minimum Gasteiger partial charge on any atom is -0.341 e. The van der Waals surface area contributed by atoms with Gasteiger partial charge in [-0.15, -0.1) is 0 Å². The molecule has 4 aromatic rings. The lowest BCUT2D eigenvalue weighted by atomic mass is 10.1. The highest BCUT2D eigenvalue weighted by molar-refractivity contribution is 6.35. The molecule has 2 heterocycles. The molecule has 0 saturated heterocycles. The van der Waals surface area contributed by atoms with E-state index >= 15 is 0 Å². The highest BCUT2D eigenvalue weighted by Gasteiger charge is 2.17. The van der Waals surface area contributed by atoms with E-state index in [0.29, 0.717) is 16.5 Å². The van der Waals surface area contributed by atoms with Crippen molar-refractivity contribution in [2.24, 2.45) is 0 Å². The van der Waals surface area contributed by atoms with Crippen LogP contribution in [0.2, 0.25) is 10.0 Å². The van der Waals surface area contributed by atoms with Gasteiger partial charge in [0.25, 0.3) is 0 Å². The monoisotopic (exact) mass is 379 g/mol. The predicted molar refractivity (Wildman–Crippen MR) is 107 cm³/mol. The zero-order chi connectivity index (χ0) is 17.9. The molecular weight excluding hydrogens is 365 g/mol. The molecule has 0 unspecified atom stereocenters. The first kappa shape index (κ1) is 16.8. The topological polar surface area (TPSA) is 41.6 Å². The molecule has 0 fully saturated rings. The van der Waals surface area contributed by atoms with Crippen molar-refractivity contribution in [1.29, 1.82) is 0 Å². The lowest BCUT2D eigenvalue weighted by Crippen LogP contribution is -1.91. The molecule has 2 aromatic carbocycles. The Balaban J connectivity index is 1.84. The van der Waals surface area contributed by atoms with Gasteiger partial charge in [-0.05, 0) is 29.8 Å². The van der Waals surface area contributed by atoms with Crippen molar-refractivity contribution in [2.75, 3.05) is 0 Å². The van der Waals surface area contributed by atoms with Crippen molar-refractivity contribution in [2.45, 2.75) is 6.42 Å². The summed E-state index contributed by atoms with van der Waals surface area (Å²) in [5.74, 6) is 0.850. The molecule has 2 aromatic heterocycles. The maximum absolute atomic E-state index is 6.44. The third-order valence-corrected chi connectivity index (χ3v) is 4.66. The van der Waals surface area contributed by atoms with Gasteiger partial charge in [-0.25, -0.2) is 4.98 Å². The third-order valence-electron chi connectivity index (χ3n) is 4.09. The fraction of sp³-hybridized carbons (Fsp3) is 0.0476. The number of halogens is 2. The van der Waals surface area contributed by atoms with Crippen molar-refractivity contribution in [3.8, 4) is 22.5 Å². The summed E-state index contributed by atoms with van der Waals surface area (Å²) < 4.78 is 0. The lowest BCUT2D eigenvalue weighted by Gasteiger charge is -2.06. The second-order valence-corrected chi connectivity index (χ2v) is 6.78. The van der Waals surface area contributed by atoms with Gasteiger partial charge in [-0.3, -0.25) is 4.98 Å². The average Bonchev–Trinajstić information content (AvgIpc) is 3.09. The second-order valence-electron chi connectivity index (χ2n) is 5.94. The fourth-order valence-corrected chi connectivity index (χ4v) is 3.28. The zero-order valence-electron chi connectivity index (χ0n) is 13.8. The van der Waals surface area contributed by atoms with Crippen molar-refractivity contribution < 1.29 is 0 Å². The Labute approximate surface area is 161 Å². The number of aromatic nitrogens is 3. The number of nitrogens with one attached hydrogen (secondary N) is 1. The summed E-state index contributed by atoms with van der Waals surface area (Å²) in [5.41, 5.74) is 4.66. The number of imidazole rings is 1. The Morgan fingerprint density at radius 1 is 0.923 bits per heavy atom. The number of hydrogen-bond donors (Lipinski definition) is 1. The van der Waals surface area contributed by atoms with E-state index in [-0.39, 0.29) is 0 Å². The van der Waals surface area contributed by atoms with Crippen LogP contribution in [0.1, 0.15) is 11.4 Å². The molecule has 5 heteroatoms. The molecule has 26 heavy (non-hydrogen) atoms. The van der Waals surface area contributed by atoms with Gasteiger partial charge in [0.05, 0.1) is 16.4 Å². The molecule has 128 valence electrons. The smallest absolute Gasteiger partial charge is 0.111 e. The number of pyridine rings is 1. The van der Waals surface area contributed by atoms with Gasteiger partial charge < -0.3 is 4.98 Å². The molecule has 0 atom stereocenters. The van der Waals surface area contributed by atoms with Gasteiger partial charge in [0.15, 0.2) is 0 Å². The van der Waals surface area contributed by atoms with Crippen LogP contribution in [0.25, 0.3) is 22.5 Å². The minimum atomic E-state index is 0.628. The quantitative estimate of drug-likeness (QED) is 0.469. The van der Waals surface area contributed by atoms with Crippen LogP contribution in [0, 0.1) is 0 Å². The Morgan fingerprint density at radius 3 is 2.54 bits per heavy atom. The van der Waals surface area contributed by atoms with Crippen molar-refractivity contribution >= 4 is 23.2 Å². The highest BCUT2D eigenvalue weighted by Crippen LogP contribution is 2.36. The van der Waals surface area contributed by atoms with Crippen LogP contribution in [0.3, 0.4) is 0 Å². The zero-order valence-corrected chi connectivity index (χ0v) is 15.3. The molecule has 0 saturated carbocycles. The first-order chi connectivity index (χ1) is 12.7. The van der Waals surface area contributed by atoms with Crippen molar-refractivity contribution in [3.05, 3.63) is 94.5 Å². The highest BCUT2D eigenvalue weighted by atomic mass is 35.5. The van der Waals surface area contributed by atoms with Gasteiger partial charge in [0.2, 0.25) is 0 Å². The summed E-state index contributed by atoms with van der Waals surface area (Å²) in [6, 6.07) is 19.4. The maximum Gasteiger partial charge on any atom is 0.111 e. The van der Waals surface area contributed by atoms with E-state index in [1.165, 1.54) is 0 Å². The lowest BCUT2D eigenvalue weighted by molar-refractivity contribution is 1.02. The van der Waals surface area contributed by atoms with Crippen LogP contribution < -0.4 is 0 Å². The third kappa shape index (κ3) is 3.50. The number of benzene rings is 2. The molecule has 0 spiro atoms. The van der Waals surface area contributed by atoms with Crippen molar-refractivity contribution in [1.82, 2.24) is 15.0 Å². The number of nitrogens with zero attached hydrogens (tertiary/aromatic N) is 2. The standard InChI is InChI=1S/C21H15Cl2N3/c22-16-8-9-18(23)17(12-16)21-20(15-6-2-1-3-7-15)25-19(26-21)11-14-5-4-10-24-13-14/h1-10,12-13H,11H2,(H,25,26). The fourth-order valence-electron chi connectivity index (χ4n) is 2.89. The molecule has 0 radical (unpaired) electrons. The number of aromatic amines is 1. The number of hydrogen-bond acceptors (Lipinski definition) is 2.